The van der Waals surface area contributed by atoms with Crippen molar-refractivity contribution in [2.75, 3.05) is 0 Å². The van der Waals surface area contributed by atoms with Gasteiger partial charge in [-0.3, -0.25) is 0 Å². The van der Waals surface area contributed by atoms with Crippen LogP contribution in [-0.4, -0.2) is 5.11 Å². The van der Waals surface area contributed by atoms with Crippen molar-refractivity contribution in [2.24, 2.45) is 0 Å². The van der Waals surface area contributed by atoms with Gasteiger partial charge in [0.25, 0.3) is 0 Å². The van der Waals surface area contributed by atoms with Gasteiger partial charge in [0, 0.05) is 12.0 Å². The van der Waals surface area contributed by atoms with E-state index in [1.54, 1.807) is 12.1 Å². The summed E-state index contributed by atoms with van der Waals surface area (Å²) in [5.41, 5.74) is 1.12. The average Bonchev–Trinajstić information content (AvgIpc) is 2.70. The molecule has 1 aromatic carbocycles. The molecular weight excluding hydrogens is 266 g/mol. The minimum atomic E-state index is -0.832. The minimum absolute atomic E-state index is 0.0598. The first-order valence-corrected chi connectivity index (χ1v) is 5.68. The molecule has 0 amide bonds. The van der Waals surface area contributed by atoms with Crippen molar-refractivity contribution in [3.05, 3.63) is 57.7 Å². The molecule has 1 unspecified atom stereocenters. The number of halogens is 3. The van der Waals surface area contributed by atoms with Crippen molar-refractivity contribution < 1.29 is 13.9 Å². The van der Waals surface area contributed by atoms with Crippen LogP contribution < -0.4 is 0 Å². The van der Waals surface area contributed by atoms with Crippen LogP contribution in [0.5, 0.6) is 0 Å². The number of aliphatic hydroxyl groups excluding tert-OH is 1. The molecule has 1 atom stereocenters. The number of benzene rings is 1. The van der Waals surface area contributed by atoms with Crippen molar-refractivity contribution in [2.45, 2.75) is 12.5 Å². The number of hydrogen-bond acceptors (Lipinski definition) is 2. The van der Waals surface area contributed by atoms with Gasteiger partial charge in [0.05, 0.1) is 17.4 Å². The third-order valence-corrected chi connectivity index (χ3v) is 3.03. The summed E-state index contributed by atoms with van der Waals surface area (Å²) in [4.78, 5) is 0. The molecule has 0 aliphatic carbocycles. The quantitative estimate of drug-likeness (QED) is 0.918. The Morgan fingerprint density at radius 2 is 2.06 bits per heavy atom. The lowest BCUT2D eigenvalue weighted by Gasteiger charge is -2.09. The summed E-state index contributed by atoms with van der Waals surface area (Å²) in [5, 5.41) is 10.1. The Morgan fingerprint density at radius 3 is 2.65 bits per heavy atom. The first-order valence-electron chi connectivity index (χ1n) is 4.93. The first kappa shape index (κ1) is 12.4. The van der Waals surface area contributed by atoms with Gasteiger partial charge in [-0.05, 0) is 35.4 Å². The van der Waals surface area contributed by atoms with Crippen LogP contribution in [0.2, 0.25) is 10.2 Å². The van der Waals surface area contributed by atoms with Crippen molar-refractivity contribution >= 4 is 23.2 Å². The van der Waals surface area contributed by atoms with Crippen LogP contribution in [-0.2, 0) is 6.42 Å². The van der Waals surface area contributed by atoms with Crippen LogP contribution in [0.25, 0.3) is 0 Å². The minimum Gasteiger partial charge on any atom is -0.453 e. The Labute approximate surface area is 108 Å². The molecule has 0 saturated carbocycles. The Kier molecular flexibility index (Phi) is 3.72. The maximum Gasteiger partial charge on any atom is 0.198 e. The fourth-order valence-corrected chi connectivity index (χ4v) is 1.90. The molecule has 17 heavy (non-hydrogen) atoms. The van der Waals surface area contributed by atoms with Gasteiger partial charge in [-0.2, -0.15) is 0 Å². The van der Waals surface area contributed by atoms with Crippen LogP contribution in [0.4, 0.5) is 4.39 Å². The normalized spacial score (nSPS) is 12.7. The standard InChI is InChI=1S/C12H9Cl2FO2/c13-9-2-1-7(5-10(9)15)6-11(16)8-3-4-17-12(8)14/h1-5,11,16H,6H2. The maximum absolute atomic E-state index is 13.2. The van der Waals surface area contributed by atoms with E-state index in [0.717, 1.165) is 0 Å². The molecule has 0 radical (unpaired) electrons. The zero-order chi connectivity index (χ0) is 12.4. The number of furan rings is 1. The SMILES string of the molecule is OC(Cc1ccc(Cl)c(F)c1)c1ccoc1Cl. The molecular formula is C12H9Cl2FO2. The highest BCUT2D eigenvalue weighted by Crippen LogP contribution is 2.27. The fourth-order valence-electron chi connectivity index (χ4n) is 1.54. The van der Waals surface area contributed by atoms with Gasteiger partial charge < -0.3 is 9.52 Å². The highest BCUT2D eigenvalue weighted by molar-refractivity contribution is 6.30. The molecule has 0 spiro atoms. The fraction of sp³-hybridized carbons (Fsp3) is 0.167. The second-order valence-electron chi connectivity index (χ2n) is 3.62. The summed E-state index contributed by atoms with van der Waals surface area (Å²) in [7, 11) is 0. The monoisotopic (exact) mass is 274 g/mol. The molecule has 2 aromatic rings. The topological polar surface area (TPSA) is 33.4 Å². The molecule has 5 heteroatoms. The van der Waals surface area contributed by atoms with Gasteiger partial charge in [0.15, 0.2) is 5.22 Å². The second kappa shape index (κ2) is 5.08. The summed E-state index contributed by atoms with van der Waals surface area (Å²) in [6.07, 6.45) is 0.804. The molecule has 0 fully saturated rings. The maximum atomic E-state index is 13.2. The largest absolute Gasteiger partial charge is 0.453 e. The third-order valence-electron chi connectivity index (χ3n) is 2.42. The molecule has 0 aliphatic heterocycles. The van der Waals surface area contributed by atoms with Crippen molar-refractivity contribution in [1.82, 2.24) is 0 Å². The third kappa shape index (κ3) is 2.80. The number of rotatable bonds is 3. The smallest absolute Gasteiger partial charge is 0.198 e. The van der Waals surface area contributed by atoms with Crippen LogP contribution in [0, 0.1) is 5.82 Å². The molecule has 0 aliphatic rings. The van der Waals surface area contributed by atoms with Crippen molar-refractivity contribution in [1.29, 1.82) is 0 Å². The van der Waals surface area contributed by atoms with Crippen molar-refractivity contribution in [3.63, 3.8) is 0 Å². The molecule has 1 aromatic heterocycles. The van der Waals surface area contributed by atoms with Crippen molar-refractivity contribution in [3.8, 4) is 0 Å². The van der Waals surface area contributed by atoms with Gasteiger partial charge in [-0.15, -0.1) is 0 Å². The predicted octanol–water partition coefficient (Wildman–Crippen LogP) is 4.00. The Balaban J connectivity index is 2.16. The van der Waals surface area contributed by atoms with Crippen LogP contribution in [0.15, 0.2) is 34.9 Å². The molecule has 2 nitrogen and oxygen atoms in total. The summed E-state index contributed by atoms with van der Waals surface area (Å²) in [6.45, 7) is 0. The van der Waals surface area contributed by atoms with Gasteiger partial charge in [0.1, 0.15) is 5.82 Å². The van der Waals surface area contributed by atoms with E-state index in [0.29, 0.717) is 11.1 Å². The number of aliphatic hydroxyl groups is 1. The molecule has 0 saturated heterocycles. The van der Waals surface area contributed by atoms with Gasteiger partial charge in [0.2, 0.25) is 0 Å². The summed E-state index contributed by atoms with van der Waals surface area (Å²) < 4.78 is 18.1. The van der Waals surface area contributed by atoms with E-state index in [-0.39, 0.29) is 16.7 Å². The molecule has 2 rings (SSSR count). The van der Waals surface area contributed by atoms with E-state index in [1.807, 2.05) is 0 Å². The zero-order valence-corrected chi connectivity index (χ0v) is 10.2. The molecule has 0 bridgehead atoms. The molecule has 1 heterocycles. The second-order valence-corrected chi connectivity index (χ2v) is 4.37. The zero-order valence-electron chi connectivity index (χ0n) is 8.66. The molecule has 1 N–H and O–H groups in total. The summed E-state index contributed by atoms with van der Waals surface area (Å²) in [5.74, 6) is -0.505. The number of hydrogen-bond donors (Lipinski definition) is 1. The van der Waals surface area contributed by atoms with Crippen LogP contribution in [0.1, 0.15) is 17.2 Å². The van der Waals surface area contributed by atoms with Gasteiger partial charge >= 0.3 is 0 Å². The molecule has 90 valence electrons. The van der Waals surface area contributed by atoms with E-state index in [9.17, 15) is 9.50 Å². The lowest BCUT2D eigenvalue weighted by Crippen LogP contribution is -2.01. The van der Waals surface area contributed by atoms with E-state index in [1.165, 1.54) is 18.4 Å². The van der Waals surface area contributed by atoms with E-state index >= 15 is 0 Å². The summed E-state index contributed by atoms with van der Waals surface area (Å²) >= 11 is 11.3. The highest BCUT2D eigenvalue weighted by Gasteiger charge is 2.15. The van der Waals surface area contributed by atoms with E-state index in [4.69, 9.17) is 27.6 Å². The Morgan fingerprint density at radius 1 is 1.29 bits per heavy atom. The van der Waals surface area contributed by atoms with Crippen LogP contribution in [0.3, 0.4) is 0 Å². The van der Waals surface area contributed by atoms with E-state index in [2.05, 4.69) is 0 Å². The lowest BCUT2D eigenvalue weighted by molar-refractivity contribution is 0.177. The van der Waals surface area contributed by atoms with Gasteiger partial charge in [-0.1, -0.05) is 17.7 Å². The van der Waals surface area contributed by atoms with E-state index < -0.39 is 11.9 Å². The van der Waals surface area contributed by atoms with Gasteiger partial charge in [-0.25, -0.2) is 4.39 Å². The van der Waals surface area contributed by atoms with Crippen LogP contribution >= 0.6 is 23.2 Å². The average molecular weight is 275 g/mol. The predicted molar refractivity (Wildman–Crippen MR) is 63.8 cm³/mol. The highest BCUT2D eigenvalue weighted by atomic mass is 35.5. The lowest BCUT2D eigenvalue weighted by atomic mass is 10.0. The Hall–Kier alpha value is -1.03. The Bertz CT molecular complexity index is 525. The summed E-state index contributed by atoms with van der Waals surface area (Å²) in [6, 6.07) is 5.98. The first-order chi connectivity index (χ1) is 8.08.